The van der Waals surface area contributed by atoms with Crippen molar-refractivity contribution in [2.75, 3.05) is 45.8 Å². The number of hydrogen-bond donors (Lipinski definition) is 5. The molecule has 0 unspecified atom stereocenters. The molecule has 0 aliphatic rings. The minimum Gasteiger partial charge on any atom is -0.329 e. The summed E-state index contributed by atoms with van der Waals surface area (Å²) in [6, 6.07) is 0. The molecule has 8 N–H and O–H groups in total. The summed E-state index contributed by atoms with van der Waals surface area (Å²) >= 11 is 0. The topological polar surface area (TPSA) is 102 Å². The molecule has 13 heavy (non-hydrogen) atoms. The number of nitrogens with two attached hydrogens (primary N) is 3. The van der Waals surface area contributed by atoms with Crippen molar-refractivity contribution >= 4 is 0 Å². The summed E-state index contributed by atoms with van der Waals surface area (Å²) in [4.78, 5) is 0. The molecule has 0 aliphatic carbocycles. The fourth-order valence-corrected chi connectivity index (χ4v) is 0.608. The maximum atomic E-state index is 5.17. The molecule has 82 valence electrons. The van der Waals surface area contributed by atoms with E-state index in [1.807, 2.05) is 0 Å². The molecule has 0 spiro atoms. The van der Waals surface area contributed by atoms with Crippen molar-refractivity contribution in [3.63, 3.8) is 0 Å². The van der Waals surface area contributed by atoms with Crippen molar-refractivity contribution in [2.24, 2.45) is 17.2 Å². The van der Waals surface area contributed by atoms with Crippen molar-refractivity contribution in [3.05, 3.63) is 0 Å². The van der Waals surface area contributed by atoms with E-state index in [1.54, 1.807) is 0 Å². The summed E-state index contributed by atoms with van der Waals surface area (Å²) in [5, 5.41) is 6.11. The lowest BCUT2D eigenvalue weighted by atomic mass is 10.6. The maximum Gasteiger partial charge on any atom is 0.00750 e. The molecular weight excluding hydrogens is 166 g/mol. The molecular formula is C8H25N5. The van der Waals surface area contributed by atoms with Crippen LogP contribution in [0.3, 0.4) is 0 Å². The molecule has 0 aromatic heterocycles. The van der Waals surface area contributed by atoms with E-state index in [0.29, 0.717) is 13.1 Å². The lowest BCUT2D eigenvalue weighted by Crippen LogP contribution is -2.27. The Hall–Kier alpha value is -0.200. The Morgan fingerprint density at radius 2 is 1.15 bits per heavy atom. The molecule has 0 saturated carbocycles. The van der Waals surface area contributed by atoms with Crippen LogP contribution in [0, 0.1) is 0 Å². The van der Waals surface area contributed by atoms with Gasteiger partial charge in [0, 0.05) is 39.3 Å². The van der Waals surface area contributed by atoms with E-state index in [4.69, 9.17) is 17.2 Å². The first-order valence-electron chi connectivity index (χ1n) is 4.85. The Morgan fingerprint density at radius 1 is 0.769 bits per heavy atom. The molecule has 0 saturated heterocycles. The molecule has 0 fully saturated rings. The van der Waals surface area contributed by atoms with Gasteiger partial charge in [0.25, 0.3) is 0 Å². The Labute approximate surface area is 81.4 Å². The van der Waals surface area contributed by atoms with Gasteiger partial charge in [-0.3, -0.25) is 0 Å². The molecule has 5 heteroatoms. The Balaban J connectivity index is 0. The zero-order chi connectivity index (χ0) is 10.4. The smallest absolute Gasteiger partial charge is 0.00750 e. The van der Waals surface area contributed by atoms with Gasteiger partial charge >= 0.3 is 0 Å². The number of rotatable bonds is 7. The van der Waals surface area contributed by atoms with Gasteiger partial charge < -0.3 is 27.8 Å². The van der Waals surface area contributed by atoms with E-state index >= 15 is 0 Å². The largest absolute Gasteiger partial charge is 0.329 e. The van der Waals surface area contributed by atoms with Crippen LogP contribution in [0.15, 0.2) is 0 Å². The van der Waals surface area contributed by atoms with Crippen LogP contribution in [0.1, 0.15) is 6.92 Å². The summed E-state index contributed by atoms with van der Waals surface area (Å²) < 4.78 is 0. The fraction of sp³-hybridized carbons (Fsp3) is 1.00. The summed E-state index contributed by atoms with van der Waals surface area (Å²) in [6.07, 6.45) is 0. The number of hydrogen-bond acceptors (Lipinski definition) is 5. The van der Waals surface area contributed by atoms with Crippen molar-refractivity contribution in [3.8, 4) is 0 Å². The lowest BCUT2D eigenvalue weighted by Gasteiger charge is -1.95. The minimum atomic E-state index is 0.694. The van der Waals surface area contributed by atoms with Crippen LogP contribution in [0.25, 0.3) is 0 Å². The summed E-state index contributed by atoms with van der Waals surface area (Å²) in [6.45, 7) is 7.91. The Kier molecular flexibility index (Phi) is 20.9. The molecule has 5 nitrogen and oxygen atoms in total. The van der Waals surface area contributed by atoms with Gasteiger partial charge in [-0.15, -0.1) is 0 Å². The van der Waals surface area contributed by atoms with Crippen LogP contribution in [-0.4, -0.2) is 45.8 Å². The Morgan fingerprint density at radius 3 is 1.38 bits per heavy atom. The highest BCUT2D eigenvalue weighted by Crippen LogP contribution is 1.49. The third kappa shape index (κ3) is 24.5. The molecule has 0 rings (SSSR count). The third-order valence-corrected chi connectivity index (χ3v) is 1.21. The highest BCUT2D eigenvalue weighted by atomic mass is 14.9. The predicted octanol–water partition coefficient (Wildman–Crippen LogP) is -1.95. The van der Waals surface area contributed by atoms with E-state index in [0.717, 1.165) is 32.7 Å². The van der Waals surface area contributed by atoms with Gasteiger partial charge in [-0.25, -0.2) is 0 Å². The molecule has 0 radical (unpaired) electrons. The second-order valence-electron chi connectivity index (χ2n) is 2.47. The predicted molar refractivity (Wildman–Crippen MR) is 58.6 cm³/mol. The third-order valence-electron chi connectivity index (χ3n) is 1.21. The monoisotopic (exact) mass is 191 g/mol. The van der Waals surface area contributed by atoms with E-state index in [9.17, 15) is 0 Å². The second kappa shape index (κ2) is 17.8. The average Bonchev–Trinajstić information content (AvgIpc) is 2.17. The highest BCUT2D eigenvalue weighted by Gasteiger charge is 1.76. The molecule has 0 aromatic carbocycles. The van der Waals surface area contributed by atoms with Crippen LogP contribution in [0.4, 0.5) is 0 Å². The van der Waals surface area contributed by atoms with Crippen LogP contribution in [-0.2, 0) is 0 Å². The molecule has 0 bridgehead atoms. The average molecular weight is 191 g/mol. The zero-order valence-corrected chi connectivity index (χ0v) is 8.68. The standard InChI is InChI=1S/C4H13N3.C4H12N2/c5-1-3-7-4-2-6;1-2-6-4-3-5/h7H,1-6H2;6H,2-5H2,1H3. The molecule has 0 atom stereocenters. The van der Waals surface area contributed by atoms with Gasteiger partial charge in [-0.1, -0.05) is 6.92 Å². The van der Waals surface area contributed by atoms with Crippen LogP contribution >= 0.6 is 0 Å². The van der Waals surface area contributed by atoms with E-state index in [2.05, 4.69) is 17.6 Å². The second-order valence-corrected chi connectivity index (χ2v) is 2.47. The van der Waals surface area contributed by atoms with E-state index < -0.39 is 0 Å². The van der Waals surface area contributed by atoms with Gasteiger partial charge in [0.2, 0.25) is 0 Å². The summed E-state index contributed by atoms with van der Waals surface area (Å²) in [5.74, 6) is 0. The minimum absolute atomic E-state index is 0.694. The van der Waals surface area contributed by atoms with E-state index in [1.165, 1.54) is 0 Å². The SMILES string of the molecule is CCNCCN.NCCNCCN. The quantitative estimate of drug-likeness (QED) is 0.301. The number of likely N-dealkylation sites (N-methyl/N-ethyl adjacent to an activating group) is 1. The first kappa shape index (κ1) is 15.3. The normalized spacial score (nSPS) is 9.23. The first-order valence-corrected chi connectivity index (χ1v) is 4.85. The van der Waals surface area contributed by atoms with Crippen molar-refractivity contribution < 1.29 is 0 Å². The number of nitrogens with one attached hydrogen (secondary N) is 2. The highest BCUT2D eigenvalue weighted by molar-refractivity contribution is 4.45. The molecule has 0 aliphatic heterocycles. The van der Waals surface area contributed by atoms with E-state index in [-0.39, 0.29) is 0 Å². The zero-order valence-electron chi connectivity index (χ0n) is 8.68. The lowest BCUT2D eigenvalue weighted by molar-refractivity contribution is 0.696. The van der Waals surface area contributed by atoms with Gasteiger partial charge in [0.15, 0.2) is 0 Å². The van der Waals surface area contributed by atoms with Crippen molar-refractivity contribution in [2.45, 2.75) is 6.92 Å². The Bertz CT molecular complexity index is 61.6. The van der Waals surface area contributed by atoms with Gasteiger partial charge in [-0.2, -0.15) is 0 Å². The van der Waals surface area contributed by atoms with Gasteiger partial charge in [-0.05, 0) is 6.54 Å². The van der Waals surface area contributed by atoms with Crippen molar-refractivity contribution in [1.82, 2.24) is 10.6 Å². The van der Waals surface area contributed by atoms with Crippen LogP contribution < -0.4 is 27.8 Å². The fourth-order valence-electron chi connectivity index (χ4n) is 0.608. The molecule has 0 heterocycles. The van der Waals surface area contributed by atoms with Crippen molar-refractivity contribution in [1.29, 1.82) is 0 Å². The molecule has 0 aromatic rings. The summed E-state index contributed by atoms with van der Waals surface area (Å²) in [7, 11) is 0. The molecule has 0 amide bonds. The summed E-state index contributed by atoms with van der Waals surface area (Å²) in [5.41, 5.74) is 15.5. The van der Waals surface area contributed by atoms with Crippen LogP contribution in [0.5, 0.6) is 0 Å². The van der Waals surface area contributed by atoms with Gasteiger partial charge in [0.1, 0.15) is 0 Å². The van der Waals surface area contributed by atoms with Crippen LogP contribution in [0.2, 0.25) is 0 Å². The van der Waals surface area contributed by atoms with Gasteiger partial charge in [0.05, 0.1) is 0 Å². The maximum absolute atomic E-state index is 5.17. The first-order chi connectivity index (χ1) is 6.33.